The molecule has 0 aromatic rings. The lowest BCUT2D eigenvalue weighted by atomic mass is 9.78. The number of hydrogen-bond acceptors (Lipinski definition) is 3. The van der Waals surface area contributed by atoms with Gasteiger partial charge in [-0.25, -0.2) is 0 Å². The summed E-state index contributed by atoms with van der Waals surface area (Å²) in [5, 5.41) is 0. The number of ether oxygens (including phenoxy) is 2. The molecule has 0 spiro atoms. The van der Waals surface area contributed by atoms with Crippen LogP contribution >= 0.6 is 0 Å². The van der Waals surface area contributed by atoms with Crippen LogP contribution in [0.4, 0.5) is 0 Å². The van der Waals surface area contributed by atoms with Crippen molar-refractivity contribution in [1.29, 1.82) is 0 Å². The molecule has 1 rings (SSSR count). The molecule has 0 aromatic carbocycles. The van der Waals surface area contributed by atoms with Gasteiger partial charge in [0, 0.05) is 7.11 Å². The quantitative estimate of drug-likeness (QED) is 0.563. The number of rotatable bonds is 5. The molecule has 0 radical (unpaired) electrons. The molecule has 0 bridgehead atoms. The zero-order valence-corrected chi connectivity index (χ0v) is 12.6. The lowest BCUT2D eigenvalue weighted by molar-refractivity contribution is -0.151. The van der Waals surface area contributed by atoms with E-state index in [1.165, 1.54) is 31.3 Å². The summed E-state index contributed by atoms with van der Waals surface area (Å²) < 4.78 is 10.5. The Morgan fingerprint density at radius 2 is 2.11 bits per heavy atom. The standard InChI is InChI=1S/C16H28O3/c1-4-13-10-8-6-7-9-11-14(13)15(12-18-3)16(17)19-5-2/h4,14-15H,5-12H2,1-3H3/b13-4+/t14-,15?/m0/s1. The first-order valence-electron chi connectivity index (χ1n) is 7.55. The lowest BCUT2D eigenvalue weighted by Crippen LogP contribution is -2.31. The summed E-state index contributed by atoms with van der Waals surface area (Å²) in [7, 11) is 1.66. The first kappa shape index (κ1) is 16.2. The summed E-state index contributed by atoms with van der Waals surface area (Å²) in [6.07, 6.45) is 9.39. The fraction of sp³-hybridized carbons (Fsp3) is 0.812. The van der Waals surface area contributed by atoms with E-state index in [9.17, 15) is 4.79 Å². The second kappa shape index (κ2) is 9.13. The van der Waals surface area contributed by atoms with Crippen LogP contribution in [0.1, 0.15) is 52.4 Å². The Hall–Kier alpha value is -0.830. The van der Waals surface area contributed by atoms with Crippen LogP contribution in [0.25, 0.3) is 0 Å². The van der Waals surface area contributed by atoms with E-state index in [2.05, 4.69) is 13.0 Å². The van der Waals surface area contributed by atoms with Crippen LogP contribution in [-0.2, 0) is 14.3 Å². The first-order valence-corrected chi connectivity index (χ1v) is 7.55. The molecule has 2 atom stereocenters. The number of allylic oxidation sites excluding steroid dienone is 2. The maximum Gasteiger partial charge on any atom is 0.311 e. The monoisotopic (exact) mass is 268 g/mol. The Morgan fingerprint density at radius 1 is 1.37 bits per heavy atom. The van der Waals surface area contributed by atoms with E-state index >= 15 is 0 Å². The van der Waals surface area contributed by atoms with Crippen molar-refractivity contribution < 1.29 is 14.3 Å². The van der Waals surface area contributed by atoms with E-state index < -0.39 is 0 Å². The molecule has 1 aliphatic carbocycles. The van der Waals surface area contributed by atoms with Gasteiger partial charge < -0.3 is 9.47 Å². The Morgan fingerprint density at radius 3 is 2.74 bits per heavy atom. The average molecular weight is 268 g/mol. The molecule has 1 unspecified atom stereocenters. The van der Waals surface area contributed by atoms with Crippen LogP contribution in [-0.4, -0.2) is 26.3 Å². The molecule has 1 aliphatic rings. The van der Waals surface area contributed by atoms with E-state index in [4.69, 9.17) is 9.47 Å². The molecule has 0 saturated heterocycles. The van der Waals surface area contributed by atoms with E-state index in [0.29, 0.717) is 19.1 Å². The minimum Gasteiger partial charge on any atom is -0.466 e. The largest absolute Gasteiger partial charge is 0.466 e. The second-order valence-corrected chi connectivity index (χ2v) is 5.24. The smallest absolute Gasteiger partial charge is 0.311 e. The summed E-state index contributed by atoms with van der Waals surface area (Å²) >= 11 is 0. The van der Waals surface area contributed by atoms with Crippen LogP contribution in [0, 0.1) is 11.8 Å². The van der Waals surface area contributed by atoms with Crippen molar-refractivity contribution >= 4 is 5.97 Å². The highest BCUT2D eigenvalue weighted by molar-refractivity contribution is 5.73. The van der Waals surface area contributed by atoms with Crippen LogP contribution in [0.3, 0.4) is 0 Å². The molecule has 110 valence electrons. The van der Waals surface area contributed by atoms with Crippen LogP contribution in [0.5, 0.6) is 0 Å². The average Bonchev–Trinajstić information content (AvgIpc) is 2.37. The summed E-state index contributed by atoms with van der Waals surface area (Å²) in [6.45, 7) is 4.84. The van der Waals surface area contributed by atoms with E-state index in [1.807, 2.05) is 6.92 Å². The third kappa shape index (κ3) is 4.98. The van der Waals surface area contributed by atoms with Crippen molar-refractivity contribution in [3.8, 4) is 0 Å². The molecule has 3 heteroatoms. The molecule has 0 amide bonds. The topological polar surface area (TPSA) is 35.5 Å². The van der Waals surface area contributed by atoms with Crippen molar-refractivity contribution in [2.45, 2.75) is 52.4 Å². The maximum atomic E-state index is 12.2. The van der Waals surface area contributed by atoms with E-state index in [-0.39, 0.29) is 11.9 Å². The SMILES string of the molecule is C/C=C1\CCCCCC[C@@H]1C(COC)C(=O)OCC. The van der Waals surface area contributed by atoms with Crippen LogP contribution in [0.2, 0.25) is 0 Å². The van der Waals surface area contributed by atoms with Gasteiger partial charge in [-0.3, -0.25) is 4.79 Å². The molecule has 0 aromatic heterocycles. The first-order chi connectivity index (χ1) is 9.24. The van der Waals surface area contributed by atoms with Gasteiger partial charge in [-0.2, -0.15) is 0 Å². The number of esters is 1. The molecule has 1 fully saturated rings. The normalized spacial score (nSPS) is 24.6. The maximum absolute atomic E-state index is 12.2. The summed E-state index contributed by atoms with van der Waals surface area (Å²) in [6, 6.07) is 0. The van der Waals surface area contributed by atoms with Crippen LogP contribution in [0.15, 0.2) is 11.6 Å². The Labute approximate surface area is 117 Å². The van der Waals surface area contributed by atoms with Crippen molar-refractivity contribution in [1.82, 2.24) is 0 Å². The number of carbonyl (C=O) groups is 1. The van der Waals surface area contributed by atoms with Gasteiger partial charge in [0.1, 0.15) is 0 Å². The van der Waals surface area contributed by atoms with Crippen molar-refractivity contribution in [3.05, 3.63) is 11.6 Å². The number of methoxy groups -OCH3 is 1. The molecule has 0 aliphatic heterocycles. The molecule has 0 N–H and O–H groups in total. The van der Waals surface area contributed by atoms with Gasteiger partial charge >= 0.3 is 5.97 Å². The Bertz CT molecular complexity index is 296. The number of hydrogen-bond donors (Lipinski definition) is 0. The van der Waals surface area contributed by atoms with Gasteiger partial charge in [0.05, 0.1) is 19.1 Å². The van der Waals surface area contributed by atoms with Crippen molar-refractivity contribution in [2.75, 3.05) is 20.3 Å². The van der Waals surface area contributed by atoms with Crippen molar-refractivity contribution in [3.63, 3.8) is 0 Å². The predicted octanol–water partition coefficient (Wildman–Crippen LogP) is 3.73. The van der Waals surface area contributed by atoms with Gasteiger partial charge in [0.2, 0.25) is 0 Å². The fourth-order valence-corrected chi connectivity index (χ4v) is 3.01. The van der Waals surface area contributed by atoms with Gasteiger partial charge in [0.25, 0.3) is 0 Å². The second-order valence-electron chi connectivity index (χ2n) is 5.24. The third-order valence-electron chi connectivity index (χ3n) is 4.00. The molecule has 3 nitrogen and oxygen atoms in total. The molecular formula is C16H28O3. The minimum atomic E-state index is -0.144. The summed E-state index contributed by atoms with van der Waals surface area (Å²) in [5.74, 6) is 0.0489. The van der Waals surface area contributed by atoms with Gasteiger partial charge in [-0.05, 0) is 39.0 Å². The van der Waals surface area contributed by atoms with Crippen molar-refractivity contribution in [2.24, 2.45) is 11.8 Å². The molecule has 1 saturated carbocycles. The highest BCUT2D eigenvalue weighted by atomic mass is 16.5. The van der Waals surface area contributed by atoms with Gasteiger partial charge in [-0.1, -0.05) is 30.9 Å². The lowest BCUT2D eigenvalue weighted by Gasteiger charge is -2.29. The Balaban J connectivity index is 2.84. The van der Waals surface area contributed by atoms with Crippen LogP contribution < -0.4 is 0 Å². The highest BCUT2D eigenvalue weighted by Gasteiger charge is 2.31. The molecule has 0 heterocycles. The fourth-order valence-electron chi connectivity index (χ4n) is 3.01. The molecular weight excluding hydrogens is 240 g/mol. The number of carbonyl (C=O) groups excluding carboxylic acids is 1. The zero-order chi connectivity index (χ0) is 14.1. The summed E-state index contributed by atoms with van der Waals surface area (Å²) in [4.78, 5) is 12.2. The highest BCUT2D eigenvalue weighted by Crippen LogP contribution is 2.33. The summed E-state index contributed by atoms with van der Waals surface area (Å²) in [5.41, 5.74) is 1.41. The van der Waals surface area contributed by atoms with Gasteiger partial charge in [0.15, 0.2) is 0 Å². The van der Waals surface area contributed by atoms with Gasteiger partial charge in [-0.15, -0.1) is 0 Å². The van der Waals surface area contributed by atoms with E-state index in [0.717, 1.165) is 12.8 Å². The molecule has 19 heavy (non-hydrogen) atoms. The predicted molar refractivity (Wildman–Crippen MR) is 76.9 cm³/mol. The van der Waals surface area contributed by atoms with E-state index in [1.54, 1.807) is 7.11 Å². The minimum absolute atomic E-state index is 0.103. The Kier molecular flexibility index (Phi) is 7.80. The zero-order valence-electron chi connectivity index (χ0n) is 12.6. The third-order valence-corrected chi connectivity index (χ3v) is 4.00.